The quantitative estimate of drug-likeness (QED) is 0.706. The second kappa shape index (κ2) is 4.00. The summed E-state index contributed by atoms with van der Waals surface area (Å²) in [5.74, 6) is 0.981. The fourth-order valence-electron chi connectivity index (χ4n) is 1.66. The lowest BCUT2D eigenvalue weighted by molar-refractivity contribution is 0.250. The molecule has 1 fully saturated rings. The molecule has 0 spiro atoms. The Hall–Kier alpha value is -0.0400. The SMILES string of the molecule is CCC(NC(C)C(C)(C)C)C1CC1. The predicted molar refractivity (Wildman–Crippen MR) is 58.9 cm³/mol. The third kappa shape index (κ3) is 3.30. The van der Waals surface area contributed by atoms with Gasteiger partial charge in [-0.1, -0.05) is 27.7 Å². The molecule has 1 rings (SSSR count). The van der Waals surface area contributed by atoms with E-state index in [-0.39, 0.29) is 0 Å². The van der Waals surface area contributed by atoms with E-state index in [1.165, 1.54) is 19.3 Å². The van der Waals surface area contributed by atoms with Crippen LogP contribution in [0.5, 0.6) is 0 Å². The maximum Gasteiger partial charge on any atom is 0.00954 e. The van der Waals surface area contributed by atoms with E-state index in [0.717, 1.165) is 12.0 Å². The zero-order valence-electron chi connectivity index (χ0n) is 9.85. The minimum absolute atomic E-state index is 0.391. The minimum Gasteiger partial charge on any atom is -0.311 e. The zero-order valence-corrected chi connectivity index (χ0v) is 9.85. The summed E-state index contributed by atoms with van der Waals surface area (Å²) in [5.41, 5.74) is 0.391. The molecule has 0 aliphatic heterocycles. The Morgan fingerprint density at radius 3 is 2.15 bits per heavy atom. The Bertz CT molecular complexity index is 153. The highest BCUT2D eigenvalue weighted by Crippen LogP contribution is 2.35. The van der Waals surface area contributed by atoms with Crippen molar-refractivity contribution in [3.05, 3.63) is 0 Å². The third-order valence-electron chi connectivity index (χ3n) is 3.39. The van der Waals surface area contributed by atoms with Crippen molar-refractivity contribution in [2.75, 3.05) is 0 Å². The monoisotopic (exact) mass is 183 g/mol. The average molecular weight is 183 g/mol. The van der Waals surface area contributed by atoms with Crippen molar-refractivity contribution in [3.63, 3.8) is 0 Å². The molecule has 1 aliphatic carbocycles. The van der Waals surface area contributed by atoms with Gasteiger partial charge in [0.25, 0.3) is 0 Å². The van der Waals surface area contributed by atoms with Gasteiger partial charge in [-0.2, -0.15) is 0 Å². The highest BCUT2D eigenvalue weighted by atomic mass is 15.0. The lowest BCUT2D eigenvalue weighted by Gasteiger charge is -2.32. The first-order valence-electron chi connectivity index (χ1n) is 5.71. The molecule has 0 bridgehead atoms. The highest BCUT2D eigenvalue weighted by molar-refractivity contribution is 4.89. The molecule has 1 heteroatoms. The summed E-state index contributed by atoms with van der Waals surface area (Å²) >= 11 is 0. The van der Waals surface area contributed by atoms with Gasteiger partial charge in [-0.15, -0.1) is 0 Å². The molecular weight excluding hydrogens is 158 g/mol. The summed E-state index contributed by atoms with van der Waals surface area (Å²) in [4.78, 5) is 0. The first kappa shape index (κ1) is 11.0. The molecule has 1 aliphatic rings. The Kier molecular flexibility index (Phi) is 3.39. The van der Waals surface area contributed by atoms with Crippen LogP contribution in [0.3, 0.4) is 0 Å². The highest BCUT2D eigenvalue weighted by Gasteiger charge is 2.32. The van der Waals surface area contributed by atoms with Crippen LogP contribution in [0.15, 0.2) is 0 Å². The molecule has 78 valence electrons. The largest absolute Gasteiger partial charge is 0.311 e. The fourth-order valence-corrected chi connectivity index (χ4v) is 1.66. The Balaban J connectivity index is 2.36. The molecule has 1 N–H and O–H groups in total. The van der Waals surface area contributed by atoms with Crippen LogP contribution in [-0.4, -0.2) is 12.1 Å². The Morgan fingerprint density at radius 2 is 1.85 bits per heavy atom. The van der Waals surface area contributed by atoms with Crippen LogP contribution in [0.2, 0.25) is 0 Å². The van der Waals surface area contributed by atoms with Gasteiger partial charge in [0.1, 0.15) is 0 Å². The van der Waals surface area contributed by atoms with Gasteiger partial charge in [-0.25, -0.2) is 0 Å². The number of hydrogen-bond acceptors (Lipinski definition) is 1. The van der Waals surface area contributed by atoms with Crippen LogP contribution in [0.25, 0.3) is 0 Å². The van der Waals surface area contributed by atoms with Gasteiger partial charge in [0.05, 0.1) is 0 Å². The number of nitrogens with one attached hydrogen (secondary N) is 1. The van der Waals surface area contributed by atoms with E-state index in [0.29, 0.717) is 11.5 Å². The summed E-state index contributed by atoms with van der Waals surface area (Å²) in [6.07, 6.45) is 4.18. The standard InChI is InChI=1S/C12H25N/c1-6-11(10-7-8-10)13-9(2)12(3,4)5/h9-11,13H,6-8H2,1-5H3. The smallest absolute Gasteiger partial charge is 0.00954 e. The maximum atomic E-state index is 3.77. The lowest BCUT2D eigenvalue weighted by Crippen LogP contribution is -2.44. The lowest BCUT2D eigenvalue weighted by atomic mass is 9.87. The molecule has 2 unspecified atom stereocenters. The molecule has 0 aromatic heterocycles. The van der Waals surface area contributed by atoms with Crippen LogP contribution >= 0.6 is 0 Å². The van der Waals surface area contributed by atoms with Crippen molar-refractivity contribution in [2.45, 2.75) is 66.0 Å². The third-order valence-corrected chi connectivity index (χ3v) is 3.39. The van der Waals surface area contributed by atoms with E-state index in [2.05, 4.69) is 39.9 Å². The second-order valence-electron chi connectivity index (χ2n) is 5.61. The molecular formula is C12H25N. The molecule has 0 radical (unpaired) electrons. The summed E-state index contributed by atoms with van der Waals surface area (Å²) in [6, 6.07) is 1.40. The Morgan fingerprint density at radius 1 is 1.31 bits per heavy atom. The van der Waals surface area contributed by atoms with Crippen molar-refractivity contribution in [1.82, 2.24) is 5.32 Å². The number of rotatable bonds is 4. The van der Waals surface area contributed by atoms with Crippen LogP contribution in [0, 0.1) is 11.3 Å². The van der Waals surface area contributed by atoms with Gasteiger partial charge in [0, 0.05) is 12.1 Å². The van der Waals surface area contributed by atoms with Crippen molar-refractivity contribution in [3.8, 4) is 0 Å². The summed E-state index contributed by atoms with van der Waals surface area (Å²) < 4.78 is 0. The van der Waals surface area contributed by atoms with Crippen LogP contribution < -0.4 is 5.32 Å². The molecule has 1 saturated carbocycles. The molecule has 1 nitrogen and oxygen atoms in total. The van der Waals surface area contributed by atoms with Gasteiger partial charge >= 0.3 is 0 Å². The van der Waals surface area contributed by atoms with E-state index >= 15 is 0 Å². The van der Waals surface area contributed by atoms with E-state index in [9.17, 15) is 0 Å². The summed E-state index contributed by atoms with van der Waals surface area (Å²) in [7, 11) is 0. The average Bonchev–Trinajstić information content (AvgIpc) is 2.80. The van der Waals surface area contributed by atoms with Gasteiger partial charge in [0.2, 0.25) is 0 Å². The molecule has 0 aromatic rings. The van der Waals surface area contributed by atoms with E-state index < -0.39 is 0 Å². The molecule has 0 heterocycles. The summed E-state index contributed by atoms with van der Waals surface area (Å²) in [5, 5.41) is 3.77. The van der Waals surface area contributed by atoms with Crippen LogP contribution in [0.4, 0.5) is 0 Å². The van der Waals surface area contributed by atoms with Crippen LogP contribution in [-0.2, 0) is 0 Å². The molecule has 0 amide bonds. The van der Waals surface area contributed by atoms with Gasteiger partial charge < -0.3 is 5.32 Å². The number of hydrogen-bond donors (Lipinski definition) is 1. The van der Waals surface area contributed by atoms with E-state index in [4.69, 9.17) is 0 Å². The molecule has 0 aromatic carbocycles. The van der Waals surface area contributed by atoms with Crippen molar-refractivity contribution in [2.24, 2.45) is 11.3 Å². The van der Waals surface area contributed by atoms with E-state index in [1.807, 2.05) is 0 Å². The van der Waals surface area contributed by atoms with E-state index in [1.54, 1.807) is 0 Å². The second-order valence-corrected chi connectivity index (χ2v) is 5.61. The maximum absolute atomic E-state index is 3.77. The summed E-state index contributed by atoms with van der Waals surface area (Å²) in [6.45, 7) is 11.5. The van der Waals surface area contributed by atoms with Gasteiger partial charge in [-0.3, -0.25) is 0 Å². The van der Waals surface area contributed by atoms with Crippen molar-refractivity contribution in [1.29, 1.82) is 0 Å². The fraction of sp³-hybridized carbons (Fsp3) is 1.00. The minimum atomic E-state index is 0.391. The molecule has 13 heavy (non-hydrogen) atoms. The molecule has 2 atom stereocenters. The first-order chi connectivity index (χ1) is 5.95. The first-order valence-corrected chi connectivity index (χ1v) is 5.71. The molecule has 0 saturated heterocycles. The van der Waals surface area contributed by atoms with Crippen molar-refractivity contribution < 1.29 is 0 Å². The zero-order chi connectivity index (χ0) is 10.1. The van der Waals surface area contributed by atoms with Gasteiger partial charge in [0.15, 0.2) is 0 Å². The van der Waals surface area contributed by atoms with Crippen LogP contribution in [0.1, 0.15) is 53.9 Å². The normalized spacial score (nSPS) is 22.8. The topological polar surface area (TPSA) is 12.0 Å². The van der Waals surface area contributed by atoms with Gasteiger partial charge in [-0.05, 0) is 37.5 Å². The predicted octanol–water partition coefficient (Wildman–Crippen LogP) is 3.20. The Labute approximate surface area is 83.3 Å². The van der Waals surface area contributed by atoms with Crippen molar-refractivity contribution >= 4 is 0 Å².